The lowest BCUT2D eigenvalue weighted by atomic mass is 9.94. The zero-order valence-electron chi connectivity index (χ0n) is 12.1. The van der Waals surface area contributed by atoms with Crippen LogP contribution >= 0.6 is 0 Å². The van der Waals surface area contributed by atoms with Gasteiger partial charge < -0.3 is 4.74 Å². The van der Waals surface area contributed by atoms with Crippen molar-refractivity contribution >= 4 is 0 Å². The third-order valence-electron chi connectivity index (χ3n) is 4.67. The molecule has 0 bridgehead atoms. The second kappa shape index (κ2) is 5.17. The number of rotatable bonds is 3. The number of fused-ring (bicyclic) bond motifs is 2. The lowest BCUT2D eigenvalue weighted by molar-refractivity contribution is 0.357. The standard InChI is InChI=1S/C18H20N2O/c19-20-18(15-5-4-12-2-1-3-13(12)10-15)16-6-7-17-14(11-16)8-9-21-17/h4-7,10-11,18,20H,1-3,8-9,19H2. The van der Waals surface area contributed by atoms with Gasteiger partial charge in [0.1, 0.15) is 5.75 Å². The Bertz CT molecular complexity index is 623. The van der Waals surface area contributed by atoms with Crippen LogP contribution in [0.25, 0.3) is 0 Å². The molecule has 1 unspecified atom stereocenters. The molecule has 1 aliphatic carbocycles. The first-order chi connectivity index (χ1) is 10.3. The molecule has 21 heavy (non-hydrogen) atoms. The zero-order chi connectivity index (χ0) is 14.2. The molecular weight excluding hydrogens is 260 g/mol. The van der Waals surface area contributed by atoms with E-state index < -0.39 is 0 Å². The highest BCUT2D eigenvalue weighted by Gasteiger charge is 2.19. The van der Waals surface area contributed by atoms with E-state index in [9.17, 15) is 0 Å². The Labute approximate surface area is 125 Å². The van der Waals surface area contributed by atoms with Crippen LogP contribution in [0.2, 0.25) is 0 Å². The third-order valence-corrected chi connectivity index (χ3v) is 4.67. The van der Waals surface area contributed by atoms with Crippen molar-refractivity contribution in [3.8, 4) is 5.75 Å². The first-order valence-corrected chi connectivity index (χ1v) is 7.68. The highest BCUT2D eigenvalue weighted by Crippen LogP contribution is 2.32. The van der Waals surface area contributed by atoms with Crippen molar-refractivity contribution in [1.29, 1.82) is 0 Å². The topological polar surface area (TPSA) is 47.3 Å². The maximum atomic E-state index is 5.85. The van der Waals surface area contributed by atoms with E-state index in [1.807, 2.05) is 0 Å². The second-order valence-corrected chi connectivity index (χ2v) is 5.95. The van der Waals surface area contributed by atoms with Gasteiger partial charge in [-0.2, -0.15) is 0 Å². The first kappa shape index (κ1) is 12.9. The first-order valence-electron chi connectivity index (χ1n) is 7.68. The molecule has 0 amide bonds. The minimum Gasteiger partial charge on any atom is -0.493 e. The Morgan fingerprint density at radius 3 is 2.52 bits per heavy atom. The predicted octanol–water partition coefficient (Wildman–Crippen LogP) is 2.66. The Kier molecular flexibility index (Phi) is 3.17. The number of nitrogens with one attached hydrogen (secondary N) is 1. The molecule has 3 nitrogen and oxygen atoms in total. The number of hydrazine groups is 1. The lowest BCUT2D eigenvalue weighted by Gasteiger charge is -2.18. The molecular formula is C18H20N2O. The maximum absolute atomic E-state index is 5.85. The van der Waals surface area contributed by atoms with Gasteiger partial charge in [0.25, 0.3) is 0 Å². The van der Waals surface area contributed by atoms with Gasteiger partial charge >= 0.3 is 0 Å². The molecule has 0 spiro atoms. The van der Waals surface area contributed by atoms with Crippen molar-refractivity contribution in [2.45, 2.75) is 31.7 Å². The molecule has 0 saturated carbocycles. The summed E-state index contributed by atoms with van der Waals surface area (Å²) in [6.45, 7) is 0.790. The van der Waals surface area contributed by atoms with E-state index in [0.717, 1.165) is 18.8 Å². The number of hydrogen-bond donors (Lipinski definition) is 2. The molecule has 0 aromatic heterocycles. The van der Waals surface area contributed by atoms with E-state index in [2.05, 4.69) is 41.8 Å². The van der Waals surface area contributed by atoms with E-state index in [1.54, 1.807) is 0 Å². The van der Waals surface area contributed by atoms with Crippen LogP contribution in [0.15, 0.2) is 36.4 Å². The van der Waals surface area contributed by atoms with E-state index in [1.165, 1.54) is 47.1 Å². The largest absolute Gasteiger partial charge is 0.493 e. The molecule has 0 fully saturated rings. The summed E-state index contributed by atoms with van der Waals surface area (Å²) in [7, 11) is 0. The monoisotopic (exact) mass is 280 g/mol. The summed E-state index contributed by atoms with van der Waals surface area (Å²) >= 11 is 0. The van der Waals surface area contributed by atoms with Gasteiger partial charge in [-0.3, -0.25) is 5.84 Å². The van der Waals surface area contributed by atoms with Crippen LogP contribution in [0.1, 0.15) is 40.3 Å². The van der Waals surface area contributed by atoms with Gasteiger partial charge in [0.05, 0.1) is 12.6 Å². The number of nitrogens with two attached hydrogens (primary N) is 1. The summed E-state index contributed by atoms with van der Waals surface area (Å²) in [5.74, 6) is 6.86. The molecule has 108 valence electrons. The predicted molar refractivity (Wildman–Crippen MR) is 83.3 cm³/mol. The van der Waals surface area contributed by atoms with Crippen molar-refractivity contribution in [2.24, 2.45) is 5.84 Å². The van der Waals surface area contributed by atoms with E-state index in [0.29, 0.717) is 0 Å². The van der Waals surface area contributed by atoms with Gasteiger partial charge in [0.15, 0.2) is 0 Å². The van der Waals surface area contributed by atoms with E-state index in [4.69, 9.17) is 10.6 Å². The number of benzene rings is 2. The fourth-order valence-electron chi connectivity index (χ4n) is 3.54. The van der Waals surface area contributed by atoms with Gasteiger partial charge in [-0.1, -0.05) is 30.3 Å². The summed E-state index contributed by atoms with van der Waals surface area (Å²) in [5.41, 5.74) is 9.70. The zero-order valence-corrected chi connectivity index (χ0v) is 12.1. The Hall–Kier alpha value is -1.84. The fourth-order valence-corrected chi connectivity index (χ4v) is 3.54. The van der Waals surface area contributed by atoms with Crippen LogP contribution in [0.3, 0.4) is 0 Å². The van der Waals surface area contributed by atoms with E-state index >= 15 is 0 Å². The highest BCUT2D eigenvalue weighted by atomic mass is 16.5. The molecule has 0 saturated heterocycles. The van der Waals surface area contributed by atoms with Crippen molar-refractivity contribution in [2.75, 3.05) is 6.61 Å². The normalized spacial score (nSPS) is 17.2. The molecule has 3 N–H and O–H groups in total. The highest BCUT2D eigenvalue weighted by molar-refractivity contribution is 5.45. The van der Waals surface area contributed by atoms with Gasteiger partial charge in [-0.15, -0.1) is 0 Å². The van der Waals surface area contributed by atoms with Crippen LogP contribution in [0, 0.1) is 0 Å². The lowest BCUT2D eigenvalue weighted by Crippen LogP contribution is -2.29. The minimum atomic E-state index is 0.0433. The van der Waals surface area contributed by atoms with E-state index in [-0.39, 0.29) is 6.04 Å². The SMILES string of the molecule is NNC(c1ccc2c(c1)CCC2)c1ccc2c(c1)CCO2. The van der Waals surface area contributed by atoms with Crippen LogP contribution < -0.4 is 16.0 Å². The summed E-state index contributed by atoms with van der Waals surface area (Å²) in [6.07, 6.45) is 4.67. The third kappa shape index (κ3) is 2.23. The Morgan fingerprint density at radius 2 is 1.67 bits per heavy atom. The summed E-state index contributed by atoms with van der Waals surface area (Å²) < 4.78 is 5.58. The molecule has 1 aliphatic heterocycles. The molecule has 2 aromatic rings. The summed E-state index contributed by atoms with van der Waals surface area (Å²) in [6, 6.07) is 13.2. The Morgan fingerprint density at radius 1 is 0.905 bits per heavy atom. The number of hydrogen-bond acceptors (Lipinski definition) is 3. The van der Waals surface area contributed by atoms with Crippen molar-refractivity contribution in [3.05, 3.63) is 64.2 Å². The van der Waals surface area contributed by atoms with Crippen LogP contribution in [0.5, 0.6) is 5.75 Å². The smallest absolute Gasteiger partial charge is 0.122 e. The summed E-state index contributed by atoms with van der Waals surface area (Å²) in [4.78, 5) is 0. The maximum Gasteiger partial charge on any atom is 0.122 e. The van der Waals surface area contributed by atoms with Gasteiger partial charge in [0, 0.05) is 6.42 Å². The van der Waals surface area contributed by atoms with Crippen LogP contribution in [-0.4, -0.2) is 6.61 Å². The summed E-state index contributed by atoms with van der Waals surface area (Å²) in [5, 5.41) is 0. The molecule has 1 atom stereocenters. The molecule has 3 heteroatoms. The molecule has 2 aromatic carbocycles. The Balaban J connectivity index is 1.71. The molecule has 0 radical (unpaired) electrons. The quantitative estimate of drug-likeness (QED) is 0.671. The number of ether oxygens (including phenoxy) is 1. The second-order valence-electron chi connectivity index (χ2n) is 5.95. The minimum absolute atomic E-state index is 0.0433. The van der Waals surface area contributed by atoms with Crippen molar-refractivity contribution in [3.63, 3.8) is 0 Å². The fraction of sp³-hybridized carbons (Fsp3) is 0.333. The van der Waals surface area contributed by atoms with Gasteiger partial charge in [0.2, 0.25) is 0 Å². The van der Waals surface area contributed by atoms with Crippen LogP contribution in [-0.2, 0) is 19.3 Å². The molecule has 2 aliphatic rings. The van der Waals surface area contributed by atoms with Crippen molar-refractivity contribution in [1.82, 2.24) is 5.43 Å². The number of aryl methyl sites for hydroxylation is 2. The average molecular weight is 280 g/mol. The van der Waals surface area contributed by atoms with Crippen LogP contribution in [0.4, 0.5) is 0 Å². The molecule has 1 heterocycles. The van der Waals surface area contributed by atoms with Gasteiger partial charge in [-0.05, 0) is 53.1 Å². The average Bonchev–Trinajstić information content (AvgIpc) is 3.15. The van der Waals surface area contributed by atoms with Gasteiger partial charge in [-0.25, -0.2) is 5.43 Å². The van der Waals surface area contributed by atoms with Crippen molar-refractivity contribution < 1.29 is 4.74 Å². The molecule has 4 rings (SSSR count).